The summed E-state index contributed by atoms with van der Waals surface area (Å²) in [5.41, 5.74) is 1.47. The third-order valence-electron chi connectivity index (χ3n) is 2.88. The SMILES string of the molecule is CN(Cc1cc(C#N)n(C)n1)C(=O)c1ccc(F)cc1. The molecule has 5 nitrogen and oxygen atoms in total. The molecule has 1 aromatic carbocycles. The van der Waals surface area contributed by atoms with Gasteiger partial charge in [0, 0.05) is 19.7 Å². The van der Waals surface area contributed by atoms with Gasteiger partial charge in [-0.05, 0) is 30.3 Å². The minimum Gasteiger partial charge on any atom is -0.336 e. The standard InChI is InChI=1S/C14H13FN4O/c1-18(9-12-7-13(8-16)19(2)17-12)14(20)10-3-5-11(15)6-4-10/h3-7H,9H2,1-2H3. The summed E-state index contributed by atoms with van der Waals surface area (Å²) in [5.74, 6) is -0.609. The van der Waals surface area contributed by atoms with Gasteiger partial charge in [-0.15, -0.1) is 0 Å². The molecule has 6 heteroatoms. The van der Waals surface area contributed by atoms with Crippen molar-refractivity contribution in [2.45, 2.75) is 6.54 Å². The van der Waals surface area contributed by atoms with Crippen LogP contribution in [0.1, 0.15) is 21.7 Å². The minimum atomic E-state index is -0.382. The Morgan fingerprint density at radius 1 is 1.45 bits per heavy atom. The molecule has 0 aliphatic rings. The van der Waals surface area contributed by atoms with Crippen LogP contribution in [-0.4, -0.2) is 27.6 Å². The number of hydrogen-bond donors (Lipinski definition) is 0. The molecule has 0 bridgehead atoms. The maximum absolute atomic E-state index is 12.8. The zero-order valence-corrected chi connectivity index (χ0v) is 11.2. The van der Waals surface area contributed by atoms with E-state index in [9.17, 15) is 9.18 Å². The van der Waals surface area contributed by atoms with Gasteiger partial charge in [0.05, 0.1) is 12.2 Å². The molecule has 2 aromatic rings. The van der Waals surface area contributed by atoms with E-state index in [-0.39, 0.29) is 18.3 Å². The van der Waals surface area contributed by atoms with Crippen molar-refractivity contribution in [3.63, 3.8) is 0 Å². The number of nitriles is 1. The molecule has 0 atom stereocenters. The van der Waals surface area contributed by atoms with E-state index < -0.39 is 0 Å². The van der Waals surface area contributed by atoms with Gasteiger partial charge in [0.1, 0.15) is 17.6 Å². The first-order chi connectivity index (χ1) is 9.51. The maximum atomic E-state index is 12.8. The van der Waals surface area contributed by atoms with Crippen molar-refractivity contribution in [3.05, 3.63) is 53.1 Å². The highest BCUT2D eigenvalue weighted by molar-refractivity contribution is 5.93. The van der Waals surface area contributed by atoms with Gasteiger partial charge in [-0.25, -0.2) is 4.39 Å². The summed E-state index contributed by atoms with van der Waals surface area (Å²) in [5, 5.41) is 13.0. The van der Waals surface area contributed by atoms with Crippen molar-refractivity contribution in [2.24, 2.45) is 7.05 Å². The summed E-state index contributed by atoms with van der Waals surface area (Å²) in [7, 11) is 3.30. The lowest BCUT2D eigenvalue weighted by Gasteiger charge is -2.15. The van der Waals surface area contributed by atoms with E-state index in [2.05, 4.69) is 5.10 Å². The smallest absolute Gasteiger partial charge is 0.253 e. The van der Waals surface area contributed by atoms with Crippen molar-refractivity contribution < 1.29 is 9.18 Å². The molecule has 20 heavy (non-hydrogen) atoms. The van der Waals surface area contributed by atoms with E-state index in [0.29, 0.717) is 17.0 Å². The fraction of sp³-hybridized carbons (Fsp3) is 0.214. The first-order valence-electron chi connectivity index (χ1n) is 5.95. The lowest BCUT2D eigenvalue weighted by atomic mass is 10.2. The highest BCUT2D eigenvalue weighted by Crippen LogP contribution is 2.09. The van der Waals surface area contributed by atoms with E-state index in [1.54, 1.807) is 20.2 Å². The van der Waals surface area contributed by atoms with Gasteiger partial charge in [0.25, 0.3) is 5.91 Å². The number of amides is 1. The average molecular weight is 272 g/mol. The molecule has 0 aliphatic heterocycles. The summed E-state index contributed by atoms with van der Waals surface area (Å²) in [6.45, 7) is 0.283. The summed E-state index contributed by atoms with van der Waals surface area (Å²) in [6.07, 6.45) is 0. The predicted molar refractivity (Wildman–Crippen MR) is 70.1 cm³/mol. The predicted octanol–water partition coefficient (Wildman–Crippen LogP) is 1.70. The first kappa shape index (κ1) is 13.7. The molecule has 0 spiro atoms. The van der Waals surface area contributed by atoms with Gasteiger partial charge >= 0.3 is 0 Å². The number of halogens is 1. The first-order valence-corrected chi connectivity index (χ1v) is 5.95. The Morgan fingerprint density at radius 2 is 2.10 bits per heavy atom. The molecule has 0 saturated heterocycles. The zero-order chi connectivity index (χ0) is 14.7. The van der Waals surface area contributed by atoms with Gasteiger partial charge in [-0.1, -0.05) is 0 Å². The highest BCUT2D eigenvalue weighted by Gasteiger charge is 2.14. The molecule has 102 valence electrons. The van der Waals surface area contributed by atoms with E-state index >= 15 is 0 Å². The van der Waals surface area contributed by atoms with Crippen LogP contribution in [-0.2, 0) is 13.6 Å². The van der Waals surface area contributed by atoms with Crippen LogP contribution in [0.25, 0.3) is 0 Å². The van der Waals surface area contributed by atoms with Crippen molar-refractivity contribution in [3.8, 4) is 6.07 Å². The largest absolute Gasteiger partial charge is 0.336 e. The summed E-state index contributed by atoms with van der Waals surface area (Å²) < 4.78 is 14.3. The second-order valence-corrected chi connectivity index (χ2v) is 4.42. The van der Waals surface area contributed by atoms with Crippen LogP contribution >= 0.6 is 0 Å². The molecule has 1 heterocycles. The van der Waals surface area contributed by atoms with Gasteiger partial charge < -0.3 is 4.90 Å². The Kier molecular flexibility index (Phi) is 3.80. The normalized spacial score (nSPS) is 10.1. The molecule has 2 rings (SSSR count). The molecular formula is C14H13FN4O. The van der Waals surface area contributed by atoms with Crippen LogP contribution < -0.4 is 0 Å². The van der Waals surface area contributed by atoms with Crippen molar-refractivity contribution in [1.82, 2.24) is 14.7 Å². The number of rotatable bonds is 3. The second kappa shape index (κ2) is 5.53. The van der Waals surface area contributed by atoms with E-state index in [1.807, 2.05) is 6.07 Å². The number of carbonyl (C=O) groups excluding carboxylic acids is 1. The second-order valence-electron chi connectivity index (χ2n) is 4.42. The van der Waals surface area contributed by atoms with Crippen LogP contribution in [0.2, 0.25) is 0 Å². The monoisotopic (exact) mass is 272 g/mol. The zero-order valence-electron chi connectivity index (χ0n) is 11.2. The molecule has 0 unspecified atom stereocenters. The Bertz CT molecular complexity index is 669. The van der Waals surface area contributed by atoms with Crippen LogP contribution in [0.5, 0.6) is 0 Å². The number of aryl methyl sites for hydroxylation is 1. The third-order valence-corrected chi connectivity index (χ3v) is 2.88. The lowest BCUT2D eigenvalue weighted by molar-refractivity contribution is 0.0783. The molecule has 0 N–H and O–H groups in total. The fourth-order valence-corrected chi connectivity index (χ4v) is 1.84. The summed E-state index contributed by atoms with van der Waals surface area (Å²) >= 11 is 0. The molecule has 1 amide bonds. The number of aromatic nitrogens is 2. The van der Waals surface area contributed by atoms with Crippen molar-refractivity contribution in [2.75, 3.05) is 7.05 Å². The molecule has 0 aliphatic carbocycles. The van der Waals surface area contributed by atoms with Gasteiger partial charge in [0.2, 0.25) is 0 Å². The number of benzene rings is 1. The van der Waals surface area contributed by atoms with Gasteiger partial charge in [0.15, 0.2) is 0 Å². The number of hydrogen-bond acceptors (Lipinski definition) is 3. The maximum Gasteiger partial charge on any atom is 0.253 e. The topological polar surface area (TPSA) is 61.9 Å². The molecule has 0 fully saturated rings. The van der Waals surface area contributed by atoms with E-state index in [0.717, 1.165) is 0 Å². The van der Waals surface area contributed by atoms with E-state index in [1.165, 1.54) is 33.8 Å². The van der Waals surface area contributed by atoms with E-state index in [4.69, 9.17) is 5.26 Å². The summed E-state index contributed by atoms with van der Waals surface area (Å²) in [6, 6.07) is 9.01. The fourth-order valence-electron chi connectivity index (χ4n) is 1.84. The quantitative estimate of drug-likeness (QED) is 0.854. The summed E-state index contributed by atoms with van der Waals surface area (Å²) in [4.78, 5) is 13.6. The third kappa shape index (κ3) is 2.83. The Balaban J connectivity index is 2.11. The lowest BCUT2D eigenvalue weighted by Crippen LogP contribution is -2.26. The Labute approximate surface area is 115 Å². The minimum absolute atomic E-state index is 0.228. The average Bonchev–Trinajstić information content (AvgIpc) is 2.78. The van der Waals surface area contributed by atoms with Crippen LogP contribution in [0.4, 0.5) is 4.39 Å². The van der Waals surface area contributed by atoms with Gasteiger partial charge in [-0.2, -0.15) is 10.4 Å². The number of carbonyl (C=O) groups is 1. The molecule has 0 saturated carbocycles. The number of nitrogens with zero attached hydrogens (tertiary/aromatic N) is 4. The van der Waals surface area contributed by atoms with Gasteiger partial charge in [-0.3, -0.25) is 9.48 Å². The van der Waals surface area contributed by atoms with Crippen LogP contribution in [0.3, 0.4) is 0 Å². The van der Waals surface area contributed by atoms with Crippen molar-refractivity contribution >= 4 is 5.91 Å². The Hall–Kier alpha value is -2.68. The molecule has 0 radical (unpaired) electrons. The van der Waals surface area contributed by atoms with Crippen LogP contribution in [0, 0.1) is 17.1 Å². The van der Waals surface area contributed by atoms with Crippen molar-refractivity contribution in [1.29, 1.82) is 5.26 Å². The molecular weight excluding hydrogens is 259 g/mol. The van der Waals surface area contributed by atoms with Crippen LogP contribution in [0.15, 0.2) is 30.3 Å². The molecule has 1 aromatic heterocycles. The Morgan fingerprint density at radius 3 is 2.65 bits per heavy atom. The highest BCUT2D eigenvalue weighted by atomic mass is 19.1.